The zero-order valence-corrected chi connectivity index (χ0v) is 13.9. The largest absolute Gasteiger partial charge is 0.326 e. The van der Waals surface area contributed by atoms with Crippen LogP contribution in [0.25, 0.3) is 0 Å². The molecule has 0 unspecified atom stereocenters. The fourth-order valence-corrected chi connectivity index (χ4v) is 4.51. The lowest BCUT2D eigenvalue weighted by atomic mass is 9.85. The van der Waals surface area contributed by atoms with Gasteiger partial charge in [-0.25, -0.2) is 8.42 Å². The molecule has 1 aliphatic rings. The molecular formula is C14H21ClN2O3S. The number of sulfonamides is 1. The highest BCUT2D eigenvalue weighted by molar-refractivity contribution is 7.89. The van der Waals surface area contributed by atoms with E-state index in [9.17, 15) is 13.2 Å². The number of H-pyrrole nitrogens is 1. The SMILES string of the molecule is CCC1CCC(N(C)S(=O)(=O)c2c[nH]c(=O)c(Cl)c2)CC1. The number of hydrogen-bond acceptors (Lipinski definition) is 3. The Labute approximate surface area is 130 Å². The molecule has 1 aromatic rings. The van der Waals surface area contributed by atoms with Crippen LogP contribution in [0.1, 0.15) is 39.0 Å². The van der Waals surface area contributed by atoms with Gasteiger partial charge in [0.15, 0.2) is 0 Å². The van der Waals surface area contributed by atoms with Crippen molar-refractivity contribution < 1.29 is 8.42 Å². The lowest BCUT2D eigenvalue weighted by molar-refractivity contribution is 0.233. The van der Waals surface area contributed by atoms with Gasteiger partial charge in [-0.15, -0.1) is 0 Å². The maximum Gasteiger partial charge on any atom is 0.266 e. The molecule has 1 aromatic heterocycles. The standard InChI is InChI=1S/C14H21ClN2O3S/c1-3-10-4-6-11(7-5-10)17(2)21(19,20)12-8-13(15)14(18)16-9-12/h8-11H,3-7H2,1-2H3,(H,16,18). The number of pyridine rings is 1. The molecule has 2 rings (SSSR count). The molecule has 0 saturated heterocycles. The second kappa shape index (κ2) is 6.50. The molecule has 0 amide bonds. The van der Waals surface area contributed by atoms with Gasteiger partial charge in [-0.2, -0.15) is 4.31 Å². The zero-order valence-electron chi connectivity index (χ0n) is 12.3. The van der Waals surface area contributed by atoms with Gasteiger partial charge >= 0.3 is 0 Å². The Hall–Kier alpha value is -0.850. The first-order valence-electron chi connectivity index (χ1n) is 7.22. The van der Waals surface area contributed by atoms with Gasteiger partial charge in [-0.3, -0.25) is 4.79 Å². The van der Waals surface area contributed by atoms with Crippen molar-refractivity contribution in [1.82, 2.24) is 9.29 Å². The van der Waals surface area contributed by atoms with Crippen molar-refractivity contribution in [2.45, 2.75) is 50.0 Å². The van der Waals surface area contributed by atoms with Crippen LogP contribution >= 0.6 is 11.6 Å². The van der Waals surface area contributed by atoms with E-state index in [1.807, 2.05) is 0 Å². The topological polar surface area (TPSA) is 70.2 Å². The molecule has 1 fully saturated rings. The van der Waals surface area contributed by atoms with Crippen molar-refractivity contribution in [2.75, 3.05) is 7.05 Å². The first-order valence-corrected chi connectivity index (χ1v) is 9.04. The van der Waals surface area contributed by atoms with Crippen LogP contribution in [0.2, 0.25) is 5.02 Å². The molecule has 5 nitrogen and oxygen atoms in total. The average Bonchev–Trinajstić information content (AvgIpc) is 2.49. The van der Waals surface area contributed by atoms with Crippen LogP contribution in [0, 0.1) is 5.92 Å². The molecule has 1 saturated carbocycles. The summed E-state index contributed by atoms with van der Waals surface area (Å²) < 4.78 is 26.6. The molecule has 0 atom stereocenters. The quantitative estimate of drug-likeness (QED) is 0.921. The van der Waals surface area contributed by atoms with E-state index in [0.29, 0.717) is 5.92 Å². The predicted molar refractivity (Wildman–Crippen MR) is 83.1 cm³/mol. The highest BCUT2D eigenvalue weighted by atomic mass is 35.5. The number of rotatable bonds is 4. The Morgan fingerprint density at radius 2 is 1.95 bits per heavy atom. The van der Waals surface area contributed by atoms with Crippen LogP contribution in [0.5, 0.6) is 0 Å². The zero-order chi connectivity index (χ0) is 15.6. The van der Waals surface area contributed by atoms with E-state index in [0.717, 1.165) is 32.1 Å². The molecule has 1 N–H and O–H groups in total. The van der Waals surface area contributed by atoms with Crippen LogP contribution < -0.4 is 5.56 Å². The van der Waals surface area contributed by atoms with Crippen molar-refractivity contribution in [3.63, 3.8) is 0 Å². The Morgan fingerprint density at radius 3 is 2.48 bits per heavy atom. The van der Waals surface area contributed by atoms with Gasteiger partial charge in [0.05, 0.1) is 4.90 Å². The third-order valence-electron chi connectivity index (χ3n) is 4.42. The summed E-state index contributed by atoms with van der Waals surface area (Å²) in [6.07, 6.45) is 6.24. The molecule has 21 heavy (non-hydrogen) atoms. The van der Waals surface area contributed by atoms with E-state index in [1.165, 1.54) is 16.6 Å². The van der Waals surface area contributed by atoms with Crippen molar-refractivity contribution in [2.24, 2.45) is 5.92 Å². The average molecular weight is 333 g/mol. The minimum atomic E-state index is -3.62. The Bertz CT molecular complexity index is 648. The summed E-state index contributed by atoms with van der Waals surface area (Å²) >= 11 is 5.72. The van der Waals surface area contributed by atoms with Gasteiger partial charge in [0.2, 0.25) is 10.0 Å². The summed E-state index contributed by atoms with van der Waals surface area (Å²) in [5.41, 5.74) is -0.485. The van der Waals surface area contributed by atoms with Crippen molar-refractivity contribution in [1.29, 1.82) is 0 Å². The lowest BCUT2D eigenvalue weighted by Crippen LogP contribution is -2.39. The number of aromatic amines is 1. The molecule has 7 heteroatoms. The number of hydrogen-bond donors (Lipinski definition) is 1. The van der Waals surface area contributed by atoms with E-state index in [-0.39, 0.29) is 16.0 Å². The number of aromatic nitrogens is 1. The summed E-state index contributed by atoms with van der Waals surface area (Å²) in [5.74, 6) is 0.708. The number of nitrogens with zero attached hydrogens (tertiary/aromatic N) is 1. The normalized spacial score (nSPS) is 23.4. The van der Waals surface area contributed by atoms with Crippen molar-refractivity contribution in [3.05, 3.63) is 27.6 Å². The summed E-state index contributed by atoms with van der Waals surface area (Å²) in [4.78, 5) is 13.6. The molecule has 118 valence electrons. The first kappa shape index (κ1) is 16.5. The van der Waals surface area contributed by atoms with Crippen molar-refractivity contribution >= 4 is 21.6 Å². The third-order valence-corrected chi connectivity index (χ3v) is 6.58. The van der Waals surface area contributed by atoms with Gasteiger partial charge in [0, 0.05) is 19.3 Å². The van der Waals surface area contributed by atoms with E-state index < -0.39 is 15.6 Å². The molecule has 0 spiro atoms. The van der Waals surface area contributed by atoms with E-state index >= 15 is 0 Å². The van der Waals surface area contributed by atoms with Gasteiger partial charge in [0.25, 0.3) is 5.56 Å². The smallest absolute Gasteiger partial charge is 0.266 e. The van der Waals surface area contributed by atoms with Crippen LogP contribution in [0.4, 0.5) is 0 Å². The van der Waals surface area contributed by atoms with Gasteiger partial charge in [-0.1, -0.05) is 24.9 Å². The molecule has 0 aromatic carbocycles. The molecule has 1 aliphatic carbocycles. The van der Waals surface area contributed by atoms with Crippen molar-refractivity contribution in [3.8, 4) is 0 Å². The van der Waals surface area contributed by atoms with Gasteiger partial charge in [0.1, 0.15) is 5.02 Å². The summed E-state index contributed by atoms with van der Waals surface area (Å²) in [7, 11) is -2.02. The highest BCUT2D eigenvalue weighted by Crippen LogP contribution is 2.31. The monoisotopic (exact) mass is 332 g/mol. The number of halogens is 1. The lowest BCUT2D eigenvalue weighted by Gasteiger charge is -2.33. The third kappa shape index (κ3) is 3.49. The van der Waals surface area contributed by atoms with Crippen LogP contribution in [0.15, 0.2) is 22.0 Å². The minimum Gasteiger partial charge on any atom is -0.326 e. The van der Waals surface area contributed by atoms with E-state index in [4.69, 9.17) is 11.6 Å². The Morgan fingerprint density at radius 1 is 1.33 bits per heavy atom. The molecule has 0 radical (unpaired) electrons. The van der Waals surface area contributed by atoms with Gasteiger partial charge < -0.3 is 4.98 Å². The summed E-state index contributed by atoms with van der Waals surface area (Å²) in [6.45, 7) is 2.17. The summed E-state index contributed by atoms with van der Waals surface area (Å²) in [6, 6.07) is 1.23. The number of nitrogens with one attached hydrogen (secondary N) is 1. The molecule has 0 aliphatic heterocycles. The first-order chi connectivity index (χ1) is 9.86. The van der Waals surface area contributed by atoms with Crippen LogP contribution in [-0.2, 0) is 10.0 Å². The predicted octanol–water partition coefficient (Wildman–Crippen LogP) is 2.62. The summed E-state index contributed by atoms with van der Waals surface area (Å²) in [5, 5.41) is -0.112. The minimum absolute atomic E-state index is 0.0171. The van der Waals surface area contributed by atoms with E-state index in [2.05, 4.69) is 11.9 Å². The van der Waals surface area contributed by atoms with Crippen LogP contribution in [0.3, 0.4) is 0 Å². The maximum absolute atomic E-state index is 12.6. The van der Waals surface area contributed by atoms with Gasteiger partial charge in [-0.05, 0) is 37.7 Å². The van der Waals surface area contributed by atoms with E-state index in [1.54, 1.807) is 7.05 Å². The molecule has 0 bridgehead atoms. The van der Waals surface area contributed by atoms with Crippen LogP contribution in [-0.4, -0.2) is 30.8 Å². The Kier molecular flexibility index (Phi) is 5.11. The second-order valence-electron chi connectivity index (χ2n) is 5.62. The maximum atomic E-state index is 12.6. The molecule has 1 heterocycles. The Balaban J connectivity index is 2.19. The highest BCUT2D eigenvalue weighted by Gasteiger charge is 2.31. The fraction of sp³-hybridized carbons (Fsp3) is 0.643. The fourth-order valence-electron chi connectivity index (χ4n) is 2.87. The molecular weight excluding hydrogens is 312 g/mol. The second-order valence-corrected chi connectivity index (χ2v) is 8.02.